The van der Waals surface area contributed by atoms with E-state index in [9.17, 15) is 22.8 Å². The lowest BCUT2D eigenvalue weighted by Crippen LogP contribution is -2.53. The number of hydrogen-bond acceptors (Lipinski definition) is 5. The van der Waals surface area contributed by atoms with E-state index in [1.54, 1.807) is 20.8 Å². The smallest absolute Gasteiger partial charge is 0.269 e. The van der Waals surface area contributed by atoms with Crippen molar-refractivity contribution >= 4 is 27.7 Å². The van der Waals surface area contributed by atoms with Crippen LogP contribution in [0.4, 0.5) is 0 Å². The van der Waals surface area contributed by atoms with Gasteiger partial charge in [-0.25, -0.2) is 12.7 Å². The molecule has 2 rings (SSSR count). The lowest BCUT2D eigenvalue weighted by Gasteiger charge is -2.30. The lowest BCUT2D eigenvalue weighted by atomic mass is 9.94. The maximum absolute atomic E-state index is 12.5. The van der Waals surface area contributed by atoms with Gasteiger partial charge in [-0.2, -0.15) is 0 Å². The minimum absolute atomic E-state index is 0.0285. The molecular weight excluding hydrogens is 396 g/mol. The summed E-state index contributed by atoms with van der Waals surface area (Å²) in [6.07, 6.45) is 1.22. The number of hydrogen-bond donors (Lipinski definition) is 2. The van der Waals surface area contributed by atoms with Gasteiger partial charge in [0.2, 0.25) is 15.9 Å². The van der Waals surface area contributed by atoms with E-state index in [1.807, 2.05) is 0 Å². The van der Waals surface area contributed by atoms with Gasteiger partial charge in [0, 0.05) is 31.6 Å². The predicted octanol–water partition coefficient (Wildman–Crippen LogP) is 0.735. The van der Waals surface area contributed by atoms with Crippen molar-refractivity contribution in [3.63, 3.8) is 0 Å². The summed E-state index contributed by atoms with van der Waals surface area (Å²) in [4.78, 5) is 38.9. The van der Waals surface area contributed by atoms with Gasteiger partial charge < -0.3 is 4.90 Å². The molecule has 29 heavy (non-hydrogen) atoms. The second-order valence-electron chi connectivity index (χ2n) is 8.17. The molecule has 0 bridgehead atoms. The van der Waals surface area contributed by atoms with E-state index in [0.29, 0.717) is 19.4 Å². The number of rotatable bonds is 4. The van der Waals surface area contributed by atoms with Gasteiger partial charge >= 0.3 is 0 Å². The number of hydrazine groups is 1. The van der Waals surface area contributed by atoms with E-state index in [2.05, 4.69) is 10.9 Å². The van der Waals surface area contributed by atoms with Crippen LogP contribution in [-0.4, -0.2) is 62.0 Å². The molecule has 0 unspecified atom stereocenters. The number of carbonyl (C=O) groups is 3. The number of carbonyl (C=O) groups excluding carboxylic acids is 3. The zero-order chi connectivity index (χ0) is 22.0. The molecule has 3 amide bonds. The van der Waals surface area contributed by atoms with E-state index in [0.717, 1.165) is 4.31 Å². The number of likely N-dealkylation sites (tertiary alicyclic amines) is 1. The third-order valence-corrected chi connectivity index (χ3v) is 6.44. The molecule has 160 valence electrons. The van der Waals surface area contributed by atoms with Crippen LogP contribution < -0.4 is 10.9 Å². The predicted molar refractivity (Wildman–Crippen MR) is 107 cm³/mol. The summed E-state index contributed by atoms with van der Waals surface area (Å²) in [6.45, 7) is 5.87. The van der Waals surface area contributed by atoms with Crippen LogP contribution in [0.2, 0.25) is 0 Å². The molecule has 1 saturated heterocycles. The van der Waals surface area contributed by atoms with E-state index in [1.165, 1.54) is 43.3 Å². The van der Waals surface area contributed by atoms with Crippen molar-refractivity contribution < 1.29 is 22.8 Å². The number of nitrogens with zero attached hydrogens (tertiary/aromatic N) is 2. The molecule has 0 aromatic heterocycles. The van der Waals surface area contributed by atoms with Crippen molar-refractivity contribution in [1.82, 2.24) is 20.1 Å². The second kappa shape index (κ2) is 8.50. The number of benzene rings is 1. The molecule has 9 nitrogen and oxygen atoms in total. The maximum Gasteiger partial charge on any atom is 0.269 e. The Morgan fingerprint density at radius 1 is 1.14 bits per heavy atom. The molecule has 2 N–H and O–H groups in total. The molecule has 1 heterocycles. The summed E-state index contributed by atoms with van der Waals surface area (Å²) in [7, 11) is -0.892. The normalized spacial score (nSPS) is 17.3. The molecule has 0 aliphatic carbocycles. The van der Waals surface area contributed by atoms with Gasteiger partial charge in [0.05, 0.1) is 4.90 Å². The Hall–Kier alpha value is -2.46. The van der Waals surface area contributed by atoms with Crippen LogP contribution in [-0.2, 0) is 19.6 Å². The SMILES string of the molecule is CN(C)S(=O)(=O)c1cccc(C(=O)NNC(=O)[C@H]2CCCN2C(=O)C(C)(C)C)c1. The average molecular weight is 425 g/mol. The highest BCUT2D eigenvalue weighted by molar-refractivity contribution is 7.89. The Morgan fingerprint density at radius 3 is 2.38 bits per heavy atom. The summed E-state index contributed by atoms with van der Waals surface area (Å²) in [5, 5.41) is 0. The molecule has 1 atom stereocenters. The van der Waals surface area contributed by atoms with Crippen molar-refractivity contribution in [2.75, 3.05) is 20.6 Å². The monoisotopic (exact) mass is 424 g/mol. The van der Waals surface area contributed by atoms with E-state index < -0.39 is 33.3 Å². The fourth-order valence-electron chi connectivity index (χ4n) is 3.00. The zero-order valence-electron chi connectivity index (χ0n) is 17.4. The molecular formula is C19H28N4O5S. The van der Waals surface area contributed by atoms with Crippen molar-refractivity contribution in [3.8, 4) is 0 Å². The molecule has 0 spiro atoms. The minimum Gasteiger partial charge on any atom is -0.330 e. The van der Waals surface area contributed by atoms with Crippen LogP contribution in [0.1, 0.15) is 44.0 Å². The third kappa shape index (κ3) is 5.13. The number of sulfonamides is 1. The van der Waals surface area contributed by atoms with Crippen LogP contribution in [0.25, 0.3) is 0 Å². The van der Waals surface area contributed by atoms with Gasteiger partial charge in [-0.3, -0.25) is 25.2 Å². The van der Waals surface area contributed by atoms with Crippen LogP contribution in [0.15, 0.2) is 29.2 Å². The highest BCUT2D eigenvalue weighted by Crippen LogP contribution is 2.25. The first kappa shape index (κ1) is 22.8. The van der Waals surface area contributed by atoms with Crippen LogP contribution in [0.5, 0.6) is 0 Å². The number of nitrogens with one attached hydrogen (secondary N) is 2. The van der Waals surface area contributed by atoms with Crippen LogP contribution >= 0.6 is 0 Å². The molecule has 1 aliphatic rings. The third-order valence-electron chi connectivity index (χ3n) is 4.63. The average Bonchev–Trinajstić information content (AvgIpc) is 3.14. The molecule has 0 radical (unpaired) electrons. The first-order valence-electron chi connectivity index (χ1n) is 9.29. The Morgan fingerprint density at radius 2 is 1.79 bits per heavy atom. The minimum atomic E-state index is -3.69. The van der Waals surface area contributed by atoms with Gasteiger partial charge in [-0.05, 0) is 31.0 Å². The summed E-state index contributed by atoms with van der Waals surface area (Å²) in [5.74, 6) is -1.26. The Labute approximate surface area is 171 Å². The van der Waals surface area contributed by atoms with Crippen molar-refractivity contribution in [3.05, 3.63) is 29.8 Å². The van der Waals surface area contributed by atoms with Crippen LogP contribution in [0.3, 0.4) is 0 Å². The number of amides is 3. The molecule has 10 heteroatoms. The molecule has 1 aliphatic heterocycles. The molecule has 1 fully saturated rings. The van der Waals surface area contributed by atoms with Crippen LogP contribution in [0, 0.1) is 5.41 Å². The standard InChI is InChI=1S/C19H28N4O5S/c1-19(2,3)18(26)23-11-7-10-15(23)17(25)21-20-16(24)13-8-6-9-14(12-13)29(27,28)22(4)5/h6,8-9,12,15H,7,10-11H2,1-5H3,(H,20,24)(H,21,25)/t15-/m1/s1. The van der Waals surface area contributed by atoms with Gasteiger partial charge in [-0.15, -0.1) is 0 Å². The second-order valence-corrected chi connectivity index (χ2v) is 10.3. The largest absolute Gasteiger partial charge is 0.330 e. The van der Waals surface area contributed by atoms with Gasteiger partial charge in [0.15, 0.2) is 0 Å². The molecule has 1 aromatic carbocycles. The lowest BCUT2D eigenvalue weighted by molar-refractivity contribution is -0.144. The maximum atomic E-state index is 12.5. The Kier molecular flexibility index (Phi) is 6.69. The zero-order valence-corrected chi connectivity index (χ0v) is 18.2. The van der Waals surface area contributed by atoms with E-state index in [-0.39, 0.29) is 16.4 Å². The molecule has 1 aromatic rings. The van der Waals surface area contributed by atoms with Gasteiger partial charge in [-0.1, -0.05) is 26.8 Å². The fraction of sp³-hybridized carbons (Fsp3) is 0.526. The van der Waals surface area contributed by atoms with Crippen molar-refractivity contribution in [1.29, 1.82) is 0 Å². The van der Waals surface area contributed by atoms with Crippen molar-refractivity contribution in [2.45, 2.75) is 44.6 Å². The Balaban J connectivity index is 2.06. The summed E-state index contributed by atoms with van der Waals surface area (Å²) >= 11 is 0. The fourth-order valence-corrected chi connectivity index (χ4v) is 3.94. The highest BCUT2D eigenvalue weighted by atomic mass is 32.2. The summed E-state index contributed by atoms with van der Waals surface area (Å²) in [6, 6.07) is 4.87. The Bertz CT molecular complexity index is 905. The first-order chi connectivity index (χ1) is 13.4. The molecule has 0 saturated carbocycles. The van der Waals surface area contributed by atoms with E-state index in [4.69, 9.17) is 0 Å². The first-order valence-corrected chi connectivity index (χ1v) is 10.7. The van der Waals surface area contributed by atoms with E-state index >= 15 is 0 Å². The van der Waals surface area contributed by atoms with Crippen molar-refractivity contribution in [2.24, 2.45) is 5.41 Å². The summed E-state index contributed by atoms with van der Waals surface area (Å²) in [5.41, 5.74) is 4.12. The topological polar surface area (TPSA) is 116 Å². The van der Waals surface area contributed by atoms with Gasteiger partial charge in [0.1, 0.15) is 6.04 Å². The highest BCUT2D eigenvalue weighted by Gasteiger charge is 2.38. The van der Waals surface area contributed by atoms with Gasteiger partial charge in [0.25, 0.3) is 11.8 Å². The quantitative estimate of drug-likeness (QED) is 0.692. The summed E-state index contributed by atoms with van der Waals surface area (Å²) < 4.78 is 25.5.